The first-order valence-corrected chi connectivity index (χ1v) is 4.32. The van der Waals surface area contributed by atoms with Crippen LogP contribution in [0.15, 0.2) is 22.8 Å². The lowest BCUT2D eigenvalue weighted by Gasteiger charge is -1.98. The number of urea groups is 1. The molecule has 1 aromatic heterocycles. The molecule has 0 unspecified atom stereocenters. The molecular formula is C8H14N4O3S. The van der Waals surface area contributed by atoms with Gasteiger partial charge in [0.2, 0.25) is 0 Å². The Balaban J connectivity index is 0. The van der Waals surface area contributed by atoms with Crippen molar-refractivity contribution in [1.29, 1.82) is 0 Å². The van der Waals surface area contributed by atoms with Crippen LogP contribution in [-0.2, 0) is 11.3 Å². The highest BCUT2D eigenvalue weighted by Gasteiger charge is 1.92. The molecule has 1 heterocycles. The summed E-state index contributed by atoms with van der Waals surface area (Å²) in [5, 5.41) is 3.05. The van der Waals surface area contributed by atoms with E-state index in [1.165, 1.54) is 0 Å². The molecule has 0 radical (unpaired) electrons. The van der Waals surface area contributed by atoms with E-state index < -0.39 is 6.03 Å². The maximum absolute atomic E-state index is 9.00. The zero-order valence-electron chi connectivity index (χ0n) is 8.51. The second kappa shape index (κ2) is 11.0. The first kappa shape index (κ1) is 16.3. The molecule has 0 aliphatic carbocycles. The first-order chi connectivity index (χ1) is 7.52. The SMILES string of the molecule is C=O.NC(=S)NCc1ccco1.NC(N)=O. The fourth-order valence-electron chi connectivity index (χ4n) is 0.587. The fraction of sp³-hybridized carbons (Fsp3) is 0.125. The molecule has 0 aromatic carbocycles. The van der Waals surface area contributed by atoms with E-state index in [2.05, 4.69) is 29.0 Å². The largest absolute Gasteiger partial charge is 0.467 e. The molecule has 0 aliphatic heterocycles. The van der Waals surface area contributed by atoms with Gasteiger partial charge in [0.25, 0.3) is 0 Å². The van der Waals surface area contributed by atoms with Gasteiger partial charge in [0, 0.05) is 0 Å². The highest BCUT2D eigenvalue weighted by Crippen LogP contribution is 1.97. The van der Waals surface area contributed by atoms with Crippen molar-refractivity contribution in [2.45, 2.75) is 6.54 Å². The van der Waals surface area contributed by atoms with Crippen molar-refractivity contribution in [3.05, 3.63) is 24.2 Å². The van der Waals surface area contributed by atoms with Gasteiger partial charge in [-0.25, -0.2) is 4.79 Å². The van der Waals surface area contributed by atoms with E-state index in [-0.39, 0.29) is 5.11 Å². The molecule has 1 rings (SSSR count). The third-order valence-corrected chi connectivity index (χ3v) is 1.16. The molecule has 0 saturated carbocycles. The number of rotatable bonds is 2. The minimum atomic E-state index is -0.833. The Labute approximate surface area is 97.9 Å². The standard InChI is InChI=1S/C6H8N2OS.CH4N2O.CH2O/c7-6(10)8-4-5-2-1-3-9-5;2-1(3)4;1-2/h1-3H,4H2,(H3,7,8,10);(H4,2,3,4);1H2. The van der Waals surface area contributed by atoms with Gasteiger partial charge in [-0.2, -0.15) is 0 Å². The van der Waals surface area contributed by atoms with Gasteiger partial charge in [0.05, 0.1) is 12.8 Å². The van der Waals surface area contributed by atoms with E-state index in [0.29, 0.717) is 6.54 Å². The van der Waals surface area contributed by atoms with Crippen LogP contribution in [-0.4, -0.2) is 17.9 Å². The van der Waals surface area contributed by atoms with Crippen LogP contribution >= 0.6 is 12.2 Å². The van der Waals surface area contributed by atoms with Crippen LogP contribution in [0.25, 0.3) is 0 Å². The van der Waals surface area contributed by atoms with Gasteiger partial charge in [-0.1, -0.05) is 0 Å². The number of nitrogens with one attached hydrogen (secondary N) is 1. The highest BCUT2D eigenvalue weighted by atomic mass is 32.1. The Morgan fingerprint density at radius 1 is 1.44 bits per heavy atom. The Morgan fingerprint density at radius 2 is 1.94 bits per heavy atom. The molecule has 1 aromatic rings. The summed E-state index contributed by atoms with van der Waals surface area (Å²) < 4.78 is 5.01. The maximum atomic E-state index is 9.00. The molecule has 16 heavy (non-hydrogen) atoms. The second-order valence-electron chi connectivity index (χ2n) is 2.20. The van der Waals surface area contributed by atoms with E-state index in [1.54, 1.807) is 6.26 Å². The van der Waals surface area contributed by atoms with E-state index >= 15 is 0 Å². The zero-order valence-corrected chi connectivity index (χ0v) is 9.33. The lowest BCUT2D eigenvalue weighted by atomic mass is 10.4. The normalized spacial score (nSPS) is 7.50. The Kier molecular flexibility index (Phi) is 11.2. The highest BCUT2D eigenvalue weighted by molar-refractivity contribution is 7.80. The number of carbonyl (C=O) groups excluding carboxylic acids is 2. The number of hydrogen-bond donors (Lipinski definition) is 4. The summed E-state index contributed by atoms with van der Waals surface area (Å²) in [4.78, 5) is 17.0. The molecule has 7 N–H and O–H groups in total. The van der Waals surface area contributed by atoms with Crippen molar-refractivity contribution in [3.63, 3.8) is 0 Å². The van der Waals surface area contributed by atoms with Gasteiger partial charge < -0.3 is 31.7 Å². The fourth-order valence-corrected chi connectivity index (χ4v) is 0.660. The average molecular weight is 246 g/mol. The molecular weight excluding hydrogens is 232 g/mol. The molecule has 0 atom stereocenters. The van der Waals surface area contributed by atoms with Crippen LogP contribution in [0.5, 0.6) is 0 Å². The average Bonchev–Trinajstić information content (AvgIpc) is 2.69. The van der Waals surface area contributed by atoms with Gasteiger partial charge in [0.15, 0.2) is 5.11 Å². The van der Waals surface area contributed by atoms with Gasteiger partial charge in [-0.3, -0.25) is 0 Å². The van der Waals surface area contributed by atoms with Crippen LogP contribution < -0.4 is 22.5 Å². The number of hydrogen-bond acceptors (Lipinski definition) is 4. The summed E-state index contributed by atoms with van der Waals surface area (Å²) in [6.07, 6.45) is 1.61. The van der Waals surface area contributed by atoms with Crippen molar-refractivity contribution in [2.24, 2.45) is 17.2 Å². The topological polar surface area (TPSA) is 137 Å². The van der Waals surface area contributed by atoms with E-state index in [4.69, 9.17) is 19.7 Å². The molecule has 7 nitrogen and oxygen atoms in total. The van der Waals surface area contributed by atoms with E-state index in [1.807, 2.05) is 18.9 Å². The van der Waals surface area contributed by atoms with Crippen LogP contribution in [0.1, 0.15) is 5.76 Å². The summed E-state index contributed by atoms with van der Waals surface area (Å²) in [6, 6.07) is 2.84. The Hall–Kier alpha value is -2.09. The van der Waals surface area contributed by atoms with Gasteiger partial charge in [-0.05, 0) is 24.4 Å². The summed E-state index contributed by atoms with van der Waals surface area (Å²) in [7, 11) is 0. The van der Waals surface area contributed by atoms with Crippen LogP contribution in [0.2, 0.25) is 0 Å². The Bertz CT molecular complexity index is 298. The van der Waals surface area contributed by atoms with Crippen molar-refractivity contribution >= 4 is 30.2 Å². The number of carbonyl (C=O) groups is 2. The minimum Gasteiger partial charge on any atom is -0.467 e. The van der Waals surface area contributed by atoms with Gasteiger partial charge >= 0.3 is 6.03 Å². The van der Waals surface area contributed by atoms with Gasteiger partial charge in [-0.15, -0.1) is 0 Å². The molecule has 0 bridgehead atoms. The van der Waals surface area contributed by atoms with E-state index in [9.17, 15) is 0 Å². The number of nitrogens with two attached hydrogens (primary N) is 3. The summed E-state index contributed by atoms with van der Waals surface area (Å²) >= 11 is 4.59. The van der Waals surface area contributed by atoms with Crippen molar-refractivity contribution in [3.8, 4) is 0 Å². The second-order valence-corrected chi connectivity index (χ2v) is 2.64. The van der Waals surface area contributed by atoms with Crippen LogP contribution in [0.4, 0.5) is 4.79 Å². The van der Waals surface area contributed by atoms with Crippen LogP contribution in [0, 0.1) is 0 Å². The van der Waals surface area contributed by atoms with Crippen molar-refractivity contribution in [1.82, 2.24) is 5.32 Å². The third-order valence-electron chi connectivity index (χ3n) is 1.02. The predicted octanol–water partition coefficient (Wildman–Crippen LogP) is -0.548. The molecule has 90 valence electrons. The lowest BCUT2D eigenvalue weighted by Crippen LogP contribution is -2.28. The van der Waals surface area contributed by atoms with E-state index in [0.717, 1.165) is 5.76 Å². The number of amides is 2. The van der Waals surface area contributed by atoms with Crippen molar-refractivity contribution < 1.29 is 14.0 Å². The third kappa shape index (κ3) is 14.4. The Morgan fingerprint density at radius 3 is 2.25 bits per heavy atom. The zero-order chi connectivity index (χ0) is 13.0. The molecule has 0 saturated heterocycles. The molecule has 2 amide bonds. The number of primary amides is 2. The van der Waals surface area contributed by atoms with Crippen LogP contribution in [0.3, 0.4) is 0 Å². The minimum absolute atomic E-state index is 0.288. The predicted molar refractivity (Wildman–Crippen MR) is 63.2 cm³/mol. The number of furan rings is 1. The first-order valence-electron chi connectivity index (χ1n) is 3.92. The monoisotopic (exact) mass is 246 g/mol. The molecule has 0 aliphatic rings. The summed E-state index contributed by atoms with van der Waals surface area (Å²) in [6.45, 7) is 2.56. The molecule has 0 spiro atoms. The van der Waals surface area contributed by atoms with Crippen molar-refractivity contribution in [2.75, 3.05) is 0 Å². The lowest BCUT2D eigenvalue weighted by molar-refractivity contribution is -0.0979. The quantitative estimate of drug-likeness (QED) is 0.517. The van der Waals surface area contributed by atoms with Gasteiger partial charge in [0.1, 0.15) is 12.5 Å². The molecule has 0 fully saturated rings. The molecule has 8 heteroatoms. The summed E-state index contributed by atoms with van der Waals surface area (Å²) in [5.74, 6) is 0.827. The maximum Gasteiger partial charge on any atom is 0.309 e. The number of thiocarbonyl (C=S) groups is 1. The smallest absolute Gasteiger partial charge is 0.309 e. The summed E-state index contributed by atoms with van der Waals surface area (Å²) in [5.41, 5.74) is 13.7.